The number of esters is 3. The van der Waals surface area contributed by atoms with Crippen LogP contribution in [0.1, 0.15) is 26.4 Å². The molecule has 0 radical (unpaired) electrons. The summed E-state index contributed by atoms with van der Waals surface area (Å²) in [5, 5.41) is 9.16. The van der Waals surface area contributed by atoms with Gasteiger partial charge in [-0.25, -0.2) is 19.4 Å². The maximum Gasteiger partial charge on any atom is 0.491 e. The van der Waals surface area contributed by atoms with E-state index >= 15 is 0 Å². The molecule has 1 heterocycles. The van der Waals surface area contributed by atoms with Crippen molar-refractivity contribution in [2.45, 2.75) is 6.18 Å². The second kappa shape index (κ2) is 7.65. The summed E-state index contributed by atoms with van der Waals surface area (Å²) >= 11 is 0. The van der Waals surface area contributed by atoms with Gasteiger partial charge >= 0.3 is 24.1 Å². The molecule has 0 aliphatic carbocycles. The van der Waals surface area contributed by atoms with E-state index in [1.165, 1.54) is 12.1 Å². The topological polar surface area (TPSA) is 106 Å². The predicted octanol–water partition coefficient (Wildman–Crippen LogP) is 2.65. The van der Waals surface area contributed by atoms with E-state index in [2.05, 4.69) is 14.5 Å². The first-order valence-electron chi connectivity index (χ1n) is 7.10. The third kappa shape index (κ3) is 4.46. The van der Waals surface area contributed by atoms with E-state index in [1.807, 2.05) is 6.07 Å². The van der Waals surface area contributed by atoms with Gasteiger partial charge in [-0.1, -0.05) is 18.2 Å². The molecule has 0 amide bonds. The molecule has 1 aromatic heterocycles. The van der Waals surface area contributed by atoms with Crippen LogP contribution in [0.4, 0.5) is 13.2 Å². The van der Waals surface area contributed by atoms with Crippen molar-refractivity contribution in [3.05, 3.63) is 53.2 Å². The van der Waals surface area contributed by atoms with Crippen LogP contribution in [0.3, 0.4) is 0 Å². The van der Waals surface area contributed by atoms with Gasteiger partial charge in [0.05, 0.1) is 30.0 Å². The van der Waals surface area contributed by atoms with Gasteiger partial charge in [-0.3, -0.25) is 0 Å². The van der Waals surface area contributed by atoms with Crippen molar-refractivity contribution < 1.29 is 37.0 Å². The predicted molar refractivity (Wildman–Crippen MR) is 82.2 cm³/mol. The van der Waals surface area contributed by atoms with Crippen LogP contribution in [-0.2, 0) is 14.3 Å². The normalized spacial score (nSPS) is 10.6. The number of rotatable bonds is 3. The number of nitrogens with zero attached hydrogens (tertiary/aromatic N) is 2. The Balaban J connectivity index is 2.56. The van der Waals surface area contributed by atoms with Crippen LogP contribution in [0.25, 0.3) is 11.3 Å². The highest BCUT2D eigenvalue weighted by Gasteiger charge is 2.42. The summed E-state index contributed by atoms with van der Waals surface area (Å²) < 4.78 is 45.1. The summed E-state index contributed by atoms with van der Waals surface area (Å²) in [7, 11) is 1.03. The number of carbonyl (C=O) groups excluding carboxylic acids is 3. The van der Waals surface area contributed by atoms with Crippen LogP contribution in [0.5, 0.6) is 0 Å². The highest BCUT2D eigenvalue weighted by Crippen LogP contribution is 2.24. The van der Waals surface area contributed by atoms with Gasteiger partial charge in [0.2, 0.25) is 0 Å². The van der Waals surface area contributed by atoms with Gasteiger partial charge in [0, 0.05) is 5.56 Å². The fraction of sp³-hybridized carbons (Fsp3) is 0.118. The Kier molecular flexibility index (Phi) is 5.55. The molecule has 0 atom stereocenters. The zero-order chi connectivity index (χ0) is 20.2. The van der Waals surface area contributed by atoms with Crippen molar-refractivity contribution in [2.24, 2.45) is 0 Å². The molecule has 10 heteroatoms. The van der Waals surface area contributed by atoms with Crippen LogP contribution < -0.4 is 0 Å². The number of hydrogen-bond donors (Lipinski definition) is 0. The number of pyridine rings is 1. The molecule has 0 saturated carbocycles. The van der Waals surface area contributed by atoms with Gasteiger partial charge in [0.25, 0.3) is 0 Å². The van der Waals surface area contributed by atoms with E-state index < -0.39 is 35.3 Å². The molecule has 2 aromatic rings. The quantitative estimate of drug-likeness (QED) is 0.597. The summed E-state index contributed by atoms with van der Waals surface area (Å²) in [6.07, 6.45) is -5.37. The number of alkyl halides is 3. The van der Waals surface area contributed by atoms with E-state index in [1.54, 1.807) is 12.1 Å². The molecule has 0 N–H and O–H groups in total. The molecule has 0 spiro atoms. The number of ether oxygens (including phenoxy) is 2. The molecule has 0 aliphatic heterocycles. The minimum Gasteiger partial charge on any atom is -0.464 e. The lowest BCUT2D eigenvalue weighted by atomic mass is 10.0. The van der Waals surface area contributed by atoms with Crippen LogP contribution >= 0.6 is 0 Å². The first kappa shape index (κ1) is 19.6. The van der Waals surface area contributed by atoms with Crippen LogP contribution in [0.15, 0.2) is 36.4 Å². The molecule has 0 saturated heterocycles. The Hall–Kier alpha value is -3.74. The fourth-order valence-corrected chi connectivity index (χ4v) is 2.00. The van der Waals surface area contributed by atoms with Crippen molar-refractivity contribution in [2.75, 3.05) is 7.11 Å². The molecule has 0 bridgehead atoms. The highest BCUT2D eigenvalue weighted by atomic mass is 19.4. The Morgan fingerprint density at radius 1 is 1.11 bits per heavy atom. The number of aromatic nitrogens is 1. The molecule has 138 valence electrons. The Morgan fingerprint density at radius 3 is 2.37 bits per heavy atom. The molecular weight excluding hydrogens is 369 g/mol. The largest absolute Gasteiger partial charge is 0.491 e. The minimum atomic E-state index is -5.37. The third-order valence-electron chi connectivity index (χ3n) is 3.20. The molecule has 0 aliphatic rings. The Morgan fingerprint density at radius 2 is 1.78 bits per heavy atom. The zero-order valence-electron chi connectivity index (χ0n) is 13.5. The van der Waals surface area contributed by atoms with Crippen molar-refractivity contribution in [3.63, 3.8) is 0 Å². The van der Waals surface area contributed by atoms with E-state index in [4.69, 9.17) is 5.26 Å². The molecular formula is C17H9F3N2O5. The molecule has 27 heavy (non-hydrogen) atoms. The summed E-state index contributed by atoms with van der Waals surface area (Å²) in [6.45, 7) is 0. The van der Waals surface area contributed by atoms with Gasteiger partial charge < -0.3 is 9.47 Å². The number of hydrogen-bond acceptors (Lipinski definition) is 7. The highest BCUT2D eigenvalue weighted by molar-refractivity contribution is 6.00. The Bertz CT molecular complexity index is 964. The van der Waals surface area contributed by atoms with Gasteiger partial charge in [-0.05, 0) is 18.2 Å². The van der Waals surface area contributed by atoms with Crippen molar-refractivity contribution in [1.82, 2.24) is 4.98 Å². The van der Waals surface area contributed by atoms with E-state index in [-0.39, 0.29) is 16.8 Å². The summed E-state index contributed by atoms with van der Waals surface area (Å²) in [5.74, 6) is -5.33. The van der Waals surface area contributed by atoms with Gasteiger partial charge in [0.15, 0.2) is 0 Å². The standard InChI is InChI=1S/C17H9F3N2O5/c1-26-15(24)13-7-10(14(23)27-16(25)17(18,19)20)6-12(22-13)11-5-3-2-4-9(11)8-21/h2-7H,1H3. The lowest BCUT2D eigenvalue weighted by molar-refractivity contribution is -0.193. The molecule has 7 nitrogen and oxygen atoms in total. The number of carbonyl (C=O) groups is 3. The fourth-order valence-electron chi connectivity index (χ4n) is 2.00. The maximum atomic E-state index is 12.3. The molecule has 0 unspecified atom stereocenters. The monoisotopic (exact) mass is 378 g/mol. The van der Waals surface area contributed by atoms with E-state index in [0.717, 1.165) is 19.2 Å². The van der Waals surface area contributed by atoms with Crippen molar-refractivity contribution in [1.29, 1.82) is 5.26 Å². The minimum absolute atomic E-state index is 0.0681. The third-order valence-corrected chi connectivity index (χ3v) is 3.20. The van der Waals surface area contributed by atoms with E-state index in [0.29, 0.717) is 0 Å². The number of methoxy groups -OCH3 is 1. The van der Waals surface area contributed by atoms with Gasteiger partial charge in [-0.15, -0.1) is 0 Å². The first-order chi connectivity index (χ1) is 12.7. The second-order valence-electron chi connectivity index (χ2n) is 4.95. The van der Waals surface area contributed by atoms with Crippen LogP contribution in [0.2, 0.25) is 0 Å². The van der Waals surface area contributed by atoms with Crippen LogP contribution in [0, 0.1) is 11.3 Å². The second-order valence-corrected chi connectivity index (χ2v) is 4.95. The summed E-state index contributed by atoms with van der Waals surface area (Å²) in [5.41, 5.74) is -0.694. The number of nitriles is 1. The smallest absolute Gasteiger partial charge is 0.464 e. The average Bonchev–Trinajstić information content (AvgIpc) is 2.65. The number of benzene rings is 1. The molecule has 2 rings (SSSR count). The lowest BCUT2D eigenvalue weighted by Crippen LogP contribution is -2.28. The Labute approximate surface area is 149 Å². The van der Waals surface area contributed by atoms with Crippen molar-refractivity contribution >= 4 is 17.9 Å². The summed E-state index contributed by atoms with van der Waals surface area (Å²) in [4.78, 5) is 38.5. The van der Waals surface area contributed by atoms with Crippen molar-refractivity contribution in [3.8, 4) is 17.3 Å². The maximum absolute atomic E-state index is 12.3. The van der Waals surface area contributed by atoms with Gasteiger partial charge in [0.1, 0.15) is 5.69 Å². The van der Waals surface area contributed by atoms with Crippen LogP contribution in [-0.4, -0.2) is 36.2 Å². The van der Waals surface area contributed by atoms with Gasteiger partial charge in [-0.2, -0.15) is 18.4 Å². The molecule has 1 aromatic carbocycles. The average molecular weight is 378 g/mol. The summed E-state index contributed by atoms with van der Waals surface area (Å²) in [6, 6.07) is 9.69. The number of halogens is 3. The zero-order valence-corrected chi connectivity index (χ0v) is 13.5. The molecule has 0 fully saturated rings. The lowest BCUT2D eigenvalue weighted by Gasteiger charge is -2.09. The first-order valence-corrected chi connectivity index (χ1v) is 7.10. The SMILES string of the molecule is COC(=O)c1cc(C(=O)OC(=O)C(F)(F)F)cc(-c2ccccc2C#N)n1. The van der Waals surface area contributed by atoms with E-state index in [9.17, 15) is 27.6 Å².